The van der Waals surface area contributed by atoms with E-state index in [1.165, 1.54) is 0 Å². The first-order valence-corrected chi connectivity index (χ1v) is 4.81. The van der Waals surface area contributed by atoms with Gasteiger partial charge in [-0.1, -0.05) is 0 Å². The highest BCUT2D eigenvalue weighted by Crippen LogP contribution is 2.35. The molecule has 0 amide bonds. The van der Waals surface area contributed by atoms with Crippen molar-refractivity contribution in [3.8, 4) is 5.75 Å². The first-order valence-electron chi connectivity index (χ1n) is 4.07. The van der Waals surface area contributed by atoms with Gasteiger partial charge in [0.25, 0.3) is 0 Å². The monoisotopic (exact) mass is 287 g/mol. The van der Waals surface area contributed by atoms with E-state index in [2.05, 4.69) is 14.1 Å². The highest BCUT2D eigenvalue weighted by Gasteiger charge is 2.28. The number of halogens is 4. The molecule has 100 valence electrons. The molecule has 0 aliphatic carbocycles. The molecule has 1 aromatic rings. The average Bonchev–Trinajstić information content (AvgIpc) is 2.32. The smallest absolute Gasteiger partial charge is 0.308 e. The molecule has 18 heavy (non-hydrogen) atoms. The van der Waals surface area contributed by atoms with E-state index >= 15 is 0 Å². The number of benzene rings is 1. The van der Waals surface area contributed by atoms with Gasteiger partial charge in [0.15, 0.2) is 11.6 Å². The zero-order chi connectivity index (χ0) is 13.9. The lowest BCUT2D eigenvalue weighted by molar-refractivity contribution is -0.777. The summed E-state index contributed by atoms with van der Waals surface area (Å²) in [6, 6.07) is 0. The van der Waals surface area contributed by atoms with Gasteiger partial charge in [0.05, 0.1) is 12.0 Å². The van der Waals surface area contributed by atoms with Gasteiger partial charge in [-0.3, -0.25) is 9.83 Å². The quantitative estimate of drug-likeness (QED) is 0.159. The molecule has 10 heteroatoms. The predicted molar refractivity (Wildman–Crippen MR) is 45.6 cm³/mol. The molecule has 0 saturated carbocycles. The Morgan fingerprint density at radius 2 is 1.61 bits per heavy atom. The van der Waals surface area contributed by atoms with E-state index in [4.69, 9.17) is 0 Å². The second kappa shape index (κ2) is 6.00. The molecule has 0 bridgehead atoms. The van der Waals surface area contributed by atoms with Crippen molar-refractivity contribution >= 4 is 18.0 Å². The molecular weight excluding hydrogens is 284 g/mol. The number of carbonyl (C=O) groups excluding carboxylic acids is 1. The summed E-state index contributed by atoms with van der Waals surface area (Å²) in [5, 5.41) is 12.2. The largest absolute Gasteiger partial charge is 0.691 e. The number of hydrogen-bond acceptors (Lipinski definition) is 6. The van der Waals surface area contributed by atoms with Gasteiger partial charge in [0.1, 0.15) is 4.90 Å². The third kappa shape index (κ3) is 2.90. The highest BCUT2D eigenvalue weighted by atomic mass is 32.2. The van der Waals surface area contributed by atoms with Gasteiger partial charge in [-0.15, -0.1) is 0 Å². The van der Waals surface area contributed by atoms with Crippen LogP contribution in [0, 0.1) is 23.3 Å². The fraction of sp³-hybridized carbons (Fsp3) is 0.125. The van der Waals surface area contributed by atoms with Crippen LogP contribution in [0.4, 0.5) is 17.6 Å². The van der Waals surface area contributed by atoms with Crippen molar-refractivity contribution in [2.24, 2.45) is 0 Å². The van der Waals surface area contributed by atoms with E-state index < -0.39 is 39.9 Å². The summed E-state index contributed by atoms with van der Waals surface area (Å²) in [6.07, 6.45) is 0. The Morgan fingerprint density at radius 3 is 2.00 bits per heavy atom. The van der Waals surface area contributed by atoms with Crippen LogP contribution in [0.3, 0.4) is 0 Å². The van der Waals surface area contributed by atoms with Gasteiger partial charge < -0.3 is 9.99 Å². The lowest BCUT2D eigenvalue weighted by atomic mass is 10.3. The Balaban J connectivity index is 3.31. The predicted octanol–water partition coefficient (Wildman–Crippen LogP) is 1.40. The van der Waals surface area contributed by atoms with E-state index in [0.717, 1.165) is 6.92 Å². The van der Waals surface area contributed by atoms with Crippen LogP contribution in [-0.2, 0) is 14.2 Å². The van der Waals surface area contributed by atoms with Crippen molar-refractivity contribution in [2.75, 3.05) is 0 Å². The minimum absolute atomic E-state index is 0.376. The topological polar surface area (TPSA) is 67.8 Å². The van der Waals surface area contributed by atoms with Crippen LogP contribution in [0.5, 0.6) is 5.75 Å². The number of carbonyl (C=O) groups is 1. The molecular formula is C8H3F4O5S-. The third-order valence-corrected chi connectivity index (χ3v) is 2.22. The maximum absolute atomic E-state index is 13.2. The third-order valence-electron chi connectivity index (χ3n) is 1.57. The lowest BCUT2D eigenvalue weighted by Crippen LogP contribution is -2.10. The van der Waals surface area contributed by atoms with Crippen LogP contribution in [0.2, 0.25) is 0 Å². The van der Waals surface area contributed by atoms with E-state index in [-0.39, 0.29) is 12.0 Å². The number of rotatable bonds is 4. The Bertz CT molecular complexity index is 452. The molecule has 0 spiro atoms. The standard InChI is InChI=1S/C8H4F4O5S/c1-2(13)15-7-3(9)5(11)8(18-17-16-14)6(12)4(7)10/h14H,1H3/p-1. The van der Waals surface area contributed by atoms with Crippen LogP contribution in [0.1, 0.15) is 6.92 Å². The molecule has 0 aliphatic rings. The summed E-state index contributed by atoms with van der Waals surface area (Å²) in [7, 11) is 0. The van der Waals surface area contributed by atoms with Crippen molar-refractivity contribution < 1.29 is 41.7 Å². The van der Waals surface area contributed by atoms with Crippen molar-refractivity contribution in [3.63, 3.8) is 0 Å². The van der Waals surface area contributed by atoms with Crippen molar-refractivity contribution in [3.05, 3.63) is 23.3 Å². The fourth-order valence-electron chi connectivity index (χ4n) is 0.946. The molecule has 0 aromatic heterocycles. The van der Waals surface area contributed by atoms with Crippen LogP contribution in [0.25, 0.3) is 0 Å². The fourth-order valence-corrected chi connectivity index (χ4v) is 1.37. The van der Waals surface area contributed by atoms with E-state index in [1.54, 1.807) is 0 Å². The molecule has 0 radical (unpaired) electrons. The summed E-state index contributed by atoms with van der Waals surface area (Å²) in [6.45, 7) is 0.783. The molecule has 0 fully saturated rings. The van der Waals surface area contributed by atoms with Gasteiger partial charge in [-0.05, 0) is 0 Å². The van der Waals surface area contributed by atoms with Gasteiger partial charge in [-0.2, -0.15) is 13.1 Å². The summed E-state index contributed by atoms with van der Waals surface area (Å²) in [5.41, 5.74) is 0. The molecule has 0 heterocycles. The zero-order valence-electron chi connectivity index (χ0n) is 8.46. The van der Waals surface area contributed by atoms with Crippen LogP contribution < -0.4 is 9.99 Å². The van der Waals surface area contributed by atoms with Gasteiger partial charge >= 0.3 is 5.97 Å². The molecule has 0 aliphatic heterocycles. The van der Waals surface area contributed by atoms with Crippen LogP contribution in [-0.4, -0.2) is 5.97 Å². The van der Waals surface area contributed by atoms with E-state index in [9.17, 15) is 27.6 Å². The Morgan fingerprint density at radius 1 is 1.11 bits per heavy atom. The minimum Gasteiger partial charge on any atom is -0.691 e. The molecule has 0 atom stereocenters. The van der Waals surface area contributed by atoms with Crippen LogP contribution in [0.15, 0.2) is 4.90 Å². The summed E-state index contributed by atoms with van der Waals surface area (Å²) >= 11 is -0.376. The van der Waals surface area contributed by atoms with Crippen LogP contribution >= 0.6 is 12.0 Å². The first-order chi connectivity index (χ1) is 8.40. The van der Waals surface area contributed by atoms with Gasteiger partial charge in [-0.25, -0.2) is 8.78 Å². The Labute approximate surface area is 101 Å². The van der Waals surface area contributed by atoms with Gasteiger partial charge in [0.2, 0.25) is 17.4 Å². The second-order valence-corrected chi connectivity index (χ2v) is 3.44. The first kappa shape index (κ1) is 14.7. The van der Waals surface area contributed by atoms with E-state index in [0.29, 0.717) is 0 Å². The molecule has 0 unspecified atom stereocenters. The zero-order valence-corrected chi connectivity index (χ0v) is 9.28. The highest BCUT2D eigenvalue weighted by molar-refractivity contribution is 7.94. The molecule has 0 saturated heterocycles. The number of ether oxygens (including phenoxy) is 1. The Kier molecular flexibility index (Phi) is 4.90. The number of esters is 1. The normalized spacial score (nSPS) is 10.6. The molecule has 1 aromatic carbocycles. The summed E-state index contributed by atoms with van der Waals surface area (Å²) in [4.78, 5) is 9.21. The van der Waals surface area contributed by atoms with Crippen molar-refractivity contribution in [2.45, 2.75) is 11.8 Å². The Hall–Kier alpha value is -1.36. The van der Waals surface area contributed by atoms with E-state index in [1.807, 2.05) is 0 Å². The molecule has 1 rings (SSSR count). The second-order valence-electron chi connectivity index (χ2n) is 2.73. The van der Waals surface area contributed by atoms with Gasteiger partial charge in [0, 0.05) is 6.92 Å². The maximum Gasteiger partial charge on any atom is 0.308 e. The lowest BCUT2D eigenvalue weighted by Gasteiger charge is -2.10. The molecule has 0 N–H and O–H groups in total. The molecule has 5 nitrogen and oxygen atoms in total. The minimum atomic E-state index is -1.94. The van der Waals surface area contributed by atoms with Crippen molar-refractivity contribution in [1.82, 2.24) is 0 Å². The summed E-state index contributed by atoms with van der Waals surface area (Å²) in [5.74, 6) is -10.4. The maximum atomic E-state index is 13.2. The SMILES string of the molecule is CC(=O)Oc1c(F)c(F)c(SOO[O-])c(F)c1F. The summed E-state index contributed by atoms with van der Waals surface area (Å²) < 4.78 is 60.5. The average molecular weight is 287 g/mol. The number of hydrogen-bond donors (Lipinski definition) is 0. The van der Waals surface area contributed by atoms with Crippen molar-refractivity contribution in [1.29, 1.82) is 0 Å².